The molecule has 3 aromatic rings. The van der Waals surface area contributed by atoms with Crippen LogP contribution in [0, 0.1) is 5.82 Å². The van der Waals surface area contributed by atoms with E-state index < -0.39 is 0 Å². The lowest BCUT2D eigenvalue weighted by Gasteiger charge is -2.20. The number of hydrogen-bond donors (Lipinski definition) is 0. The van der Waals surface area contributed by atoms with E-state index in [0.29, 0.717) is 25.4 Å². The average Bonchev–Trinajstić information content (AvgIpc) is 3.27. The van der Waals surface area contributed by atoms with Crippen LogP contribution in [0.2, 0.25) is 0 Å². The molecule has 0 atom stereocenters. The molecule has 0 amide bonds. The maximum Gasteiger partial charge on any atom is 0.123 e. The van der Waals surface area contributed by atoms with Gasteiger partial charge in [-0.3, -0.25) is 4.90 Å². The maximum absolute atomic E-state index is 12.9. The summed E-state index contributed by atoms with van der Waals surface area (Å²) in [6.07, 6.45) is 4.20. The van der Waals surface area contributed by atoms with Gasteiger partial charge in [0.2, 0.25) is 0 Å². The first-order valence-electron chi connectivity index (χ1n) is 7.95. The Labute approximate surface area is 140 Å². The van der Waals surface area contributed by atoms with E-state index in [9.17, 15) is 4.39 Å². The molecule has 5 heteroatoms. The molecule has 24 heavy (non-hydrogen) atoms. The number of furan rings is 2. The molecule has 0 unspecified atom stereocenters. The summed E-state index contributed by atoms with van der Waals surface area (Å²) in [5.41, 5.74) is 0. The topological polar surface area (TPSA) is 38.8 Å². The van der Waals surface area contributed by atoms with Gasteiger partial charge >= 0.3 is 0 Å². The Morgan fingerprint density at radius 2 is 1.50 bits per heavy atom. The van der Waals surface area contributed by atoms with Crippen LogP contribution in [0.4, 0.5) is 4.39 Å². The Bertz CT molecular complexity index is 657. The highest BCUT2D eigenvalue weighted by Gasteiger charge is 2.10. The first kappa shape index (κ1) is 16.3. The van der Waals surface area contributed by atoms with Crippen LogP contribution in [0.5, 0.6) is 5.75 Å². The molecule has 3 rings (SSSR count). The van der Waals surface area contributed by atoms with E-state index in [-0.39, 0.29) is 5.82 Å². The first-order chi connectivity index (χ1) is 11.8. The number of halogens is 1. The van der Waals surface area contributed by atoms with Crippen LogP contribution in [-0.2, 0) is 13.1 Å². The molecular formula is C19H20FNO3. The van der Waals surface area contributed by atoms with Crippen LogP contribution in [0.15, 0.2) is 69.9 Å². The summed E-state index contributed by atoms with van der Waals surface area (Å²) in [6, 6.07) is 13.8. The average molecular weight is 329 g/mol. The minimum absolute atomic E-state index is 0.259. The monoisotopic (exact) mass is 329 g/mol. The third-order valence-corrected chi connectivity index (χ3v) is 3.62. The van der Waals surface area contributed by atoms with Gasteiger partial charge in [0, 0.05) is 6.54 Å². The van der Waals surface area contributed by atoms with Crippen molar-refractivity contribution in [2.45, 2.75) is 19.5 Å². The second-order valence-corrected chi connectivity index (χ2v) is 5.53. The van der Waals surface area contributed by atoms with Gasteiger partial charge in [-0.05, 0) is 55.0 Å². The van der Waals surface area contributed by atoms with Gasteiger partial charge in [0.05, 0.1) is 32.2 Å². The van der Waals surface area contributed by atoms with E-state index in [4.69, 9.17) is 13.6 Å². The van der Waals surface area contributed by atoms with Crippen LogP contribution in [0.1, 0.15) is 17.9 Å². The zero-order valence-corrected chi connectivity index (χ0v) is 13.4. The minimum atomic E-state index is -0.259. The van der Waals surface area contributed by atoms with E-state index in [1.807, 2.05) is 24.3 Å². The van der Waals surface area contributed by atoms with Gasteiger partial charge in [-0.15, -0.1) is 0 Å². The SMILES string of the molecule is Fc1ccc(OCCCN(Cc2ccco2)Cc2ccco2)cc1. The van der Waals surface area contributed by atoms with Crippen molar-refractivity contribution in [3.63, 3.8) is 0 Å². The lowest BCUT2D eigenvalue weighted by molar-refractivity contribution is 0.196. The lowest BCUT2D eigenvalue weighted by Crippen LogP contribution is -2.24. The smallest absolute Gasteiger partial charge is 0.123 e. The zero-order valence-electron chi connectivity index (χ0n) is 13.4. The molecule has 0 spiro atoms. The molecule has 0 aliphatic heterocycles. The van der Waals surface area contributed by atoms with Crippen molar-refractivity contribution in [1.82, 2.24) is 4.90 Å². The summed E-state index contributed by atoms with van der Waals surface area (Å²) in [5, 5.41) is 0. The Morgan fingerprint density at radius 3 is 2.04 bits per heavy atom. The predicted molar refractivity (Wildman–Crippen MR) is 88.0 cm³/mol. The predicted octanol–water partition coefficient (Wildman–Crippen LogP) is 4.48. The van der Waals surface area contributed by atoms with Crippen molar-refractivity contribution in [1.29, 1.82) is 0 Å². The van der Waals surface area contributed by atoms with Gasteiger partial charge in [0.25, 0.3) is 0 Å². The quantitative estimate of drug-likeness (QED) is 0.543. The molecular weight excluding hydrogens is 309 g/mol. The van der Waals surface area contributed by atoms with Crippen LogP contribution in [0.25, 0.3) is 0 Å². The molecule has 2 heterocycles. The molecule has 0 fully saturated rings. The largest absolute Gasteiger partial charge is 0.494 e. The molecule has 126 valence electrons. The highest BCUT2D eigenvalue weighted by Crippen LogP contribution is 2.13. The zero-order chi connectivity index (χ0) is 16.6. The fourth-order valence-electron chi connectivity index (χ4n) is 2.47. The molecule has 0 bridgehead atoms. The number of benzene rings is 1. The second kappa shape index (κ2) is 8.36. The lowest BCUT2D eigenvalue weighted by atomic mass is 10.3. The second-order valence-electron chi connectivity index (χ2n) is 5.53. The number of hydrogen-bond acceptors (Lipinski definition) is 4. The van der Waals surface area contributed by atoms with Gasteiger partial charge in [-0.25, -0.2) is 4.39 Å². The van der Waals surface area contributed by atoms with Crippen molar-refractivity contribution >= 4 is 0 Å². The standard InChI is InChI=1S/C19H20FNO3/c20-16-6-8-17(9-7-16)22-13-3-10-21(14-18-4-1-11-23-18)15-19-5-2-12-24-19/h1-2,4-9,11-12H,3,10,13-15H2. The molecule has 4 nitrogen and oxygen atoms in total. The van der Waals surface area contributed by atoms with Gasteiger partial charge in [0.1, 0.15) is 23.1 Å². The van der Waals surface area contributed by atoms with Crippen LogP contribution in [0.3, 0.4) is 0 Å². The van der Waals surface area contributed by atoms with E-state index in [0.717, 1.165) is 24.5 Å². The number of rotatable bonds is 9. The van der Waals surface area contributed by atoms with Crippen molar-refractivity contribution in [2.24, 2.45) is 0 Å². The molecule has 0 aliphatic rings. The summed E-state index contributed by atoms with van der Waals surface area (Å²) in [7, 11) is 0. The Balaban J connectivity index is 1.48. The van der Waals surface area contributed by atoms with Crippen LogP contribution < -0.4 is 4.74 Å². The normalized spacial score (nSPS) is 11.1. The van der Waals surface area contributed by atoms with Gasteiger partial charge in [-0.1, -0.05) is 0 Å². The van der Waals surface area contributed by atoms with Gasteiger partial charge < -0.3 is 13.6 Å². The van der Waals surface area contributed by atoms with Gasteiger partial charge in [0.15, 0.2) is 0 Å². The molecule has 0 saturated heterocycles. The highest BCUT2D eigenvalue weighted by atomic mass is 19.1. The summed E-state index contributed by atoms with van der Waals surface area (Å²) >= 11 is 0. The number of ether oxygens (including phenoxy) is 1. The third-order valence-electron chi connectivity index (χ3n) is 3.62. The van der Waals surface area contributed by atoms with Crippen LogP contribution in [-0.4, -0.2) is 18.1 Å². The summed E-state index contributed by atoms with van der Waals surface area (Å²) in [5.74, 6) is 2.26. The van der Waals surface area contributed by atoms with E-state index in [1.165, 1.54) is 12.1 Å². The molecule has 0 radical (unpaired) electrons. The minimum Gasteiger partial charge on any atom is -0.494 e. The number of nitrogens with zero attached hydrogens (tertiary/aromatic N) is 1. The van der Waals surface area contributed by atoms with Crippen molar-refractivity contribution in [2.75, 3.05) is 13.2 Å². The third kappa shape index (κ3) is 4.99. The van der Waals surface area contributed by atoms with Crippen molar-refractivity contribution < 1.29 is 18.0 Å². The Hall–Kier alpha value is -2.53. The molecule has 0 N–H and O–H groups in total. The summed E-state index contributed by atoms with van der Waals surface area (Å²) in [4.78, 5) is 2.24. The van der Waals surface area contributed by atoms with Crippen molar-refractivity contribution in [3.8, 4) is 5.75 Å². The van der Waals surface area contributed by atoms with E-state index in [2.05, 4.69) is 4.90 Å². The molecule has 2 aromatic heterocycles. The van der Waals surface area contributed by atoms with Crippen molar-refractivity contribution in [3.05, 3.63) is 78.4 Å². The first-order valence-corrected chi connectivity index (χ1v) is 7.95. The fourth-order valence-corrected chi connectivity index (χ4v) is 2.47. The summed E-state index contributed by atoms with van der Waals surface area (Å²) in [6.45, 7) is 2.83. The van der Waals surface area contributed by atoms with E-state index >= 15 is 0 Å². The maximum atomic E-state index is 12.9. The highest BCUT2D eigenvalue weighted by molar-refractivity contribution is 5.21. The van der Waals surface area contributed by atoms with Crippen LogP contribution >= 0.6 is 0 Å². The van der Waals surface area contributed by atoms with E-state index in [1.54, 1.807) is 24.7 Å². The molecule has 0 aliphatic carbocycles. The fraction of sp³-hybridized carbons (Fsp3) is 0.263. The molecule has 1 aromatic carbocycles. The Kier molecular flexibility index (Phi) is 5.69. The van der Waals surface area contributed by atoms with Gasteiger partial charge in [-0.2, -0.15) is 0 Å². The molecule has 0 saturated carbocycles. The Morgan fingerprint density at radius 1 is 0.875 bits per heavy atom. The summed E-state index contributed by atoms with van der Waals surface area (Å²) < 4.78 is 29.4.